The van der Waals surface area contributed by atoms with Gasteiger partial charge in [-0.3, -0.25) is 0 Å². The summed E-state index contributed by atoms with van der Waals surface area (Å²) in [6.45, 7) is 21.7. The van der Waals surface area contributed by atoms with Crippen LogP contribution in [0.4, 0.5) is 0 Å². The van der Waals surface area contributed by atoms with Crippen LogP contribution in [0.1, 0.15) is 27.2 Å². The molecule has 5 heteroatoms. The van der Waals surface area contributed by atoms with E-state index in [0.717, 1.165) is 5.76 Å². The fourth-order valence-corrected chi connectivity index (χ4v) is 4.03. The predicted octanol–water partition coefficient (Wildman–Crippen LogP) is 5.37. The molecule has 0 aromatic heterocycles. The van der Waals surface area contributed by atoms with Gasteiger partial charge in [0.25, 0.3) is 0 Å². The molecule has 0 aliphatic carbocycles. The lowest BCUT2D eigenvalue weighted by Crippen LogP contribution is -2.44. The smallest absolute Gasteiger partial charge is 0.241 e. The molecule has 0 aliphatic rings. The van der Waals surface area contributed by atoms with Gasteiger partial charge in [0.15, 0.2) is 8.32 Å². The highest BCUT2D eigenvalue weighted by atomic mass is 35.5. The van der Waals surface area contributed by atoms with E-state index in [1.54, 1.807) is 0 Å². The van der Waals surface area contributed by atoms with Crippen LogP contribution in [-0.2, 0) is 8.85 Å². The number of halogens is 1. The number of hydrogen-bond donors (Lipinski definition) is 0. The Bertz CT molecular complexity index is 304. The van der Waals surface area contributed by atoms with E-state index in [-0.39, 0.29) is 11.1 Å². The van der Waals surface area contributed by atoms with E-state index in [0.29, 0.717) is 12.3 Å². The molecule has 0 aromatic rings. The third kappa shape index (κ3) is 7.54. The van der Waals surface area contributed by atoms with Gasteiger partial charge in [-0.1, -0.05) is 27.4 Å². The highest BCUT2D eigenvalue weighted by Crippen LogP contribution is 2.38. The Morgan fingerprint density at radius 1 is 1.16 bits per heavy atom. The quantitative estimate of drug-likeness (QED) is 0.356. The van der Waals surface area contributed by atoms with Crippen LogP contribution in [0.2, 0.25) is 37.8 Å². The van der Waals surface area contributed by atoms with Gasteiger partial charge in [-0.25, -0.2) is 0 Å². The van der Waals surface area contributed by atoms with Crippen LogP contribution in [0.3, 0.4) is 0 Å². The molecule has 0 N–H and O–H groups in total. The summed E-state index contributed by atoms with van der Waals surface area (Å²) >= 11 is 6.05. The summed E-state index contributed by atoms with van der Waals surface area (Å²) in [7, 11) is -3.37. The van der Waals surface area contributed by atoms with Crippen molar-refractivity contribution in [1.82, 2.24) is 0 Å². The topological polar surface area (TPSA) is 18.5 Å². The summed E-state index contributed by atoms with van der Waals surface area (Å²) in [5.41, 5.74) is 0. The first-order valence-corrected chi connectivity index (χ1v) is 13.7. The molecule has 0 spiro atoms. The second-order valence-electron chi connectivity index (χ2n) is 7.61. The van der Waals surface area contributed by atoms with Gasteiger partial charge < -0.3 is 8.85 Å². The molecule has 0 fully saturated rings. The molecule has 0 saturated carbocycles. The Hall–Kier alpha value is 0.224. The Kier molecular flexibility index (Phi) is 6.87. The molecule has 2 nitrogen and oxygen atoms in total. The average Bonchev–Trinajstić information content (AvgIpc) is 2.11. The van der Waals surface area contributed by atoms with Crippen molar-refractivity contribution < 1.29 is 8.85 Å². The summed E-state index contributed by atoms with van der Waals surface area (Å²) in [6, 6.07) is 0. The van der Waals surface area contributed by atoms with Gasteiger partial charge in [-0.2, -0.15) is 0 Å². The van der Waals surface area contributed by atoms with Gasteiger partial charge in [-0.15, -0.1) is 11.6 Å². The first-order valence-electron chi connectivity index (χ1n) is 6.89. The summed E-state index contributed by atoms with van der Waals surface area (Å²) in [4.78, 5) is 0. The predicted molar refractivity (Wildman–Crippen MR) is 91.0 cm³/mol. The zero-order chi connectivity index (χ0) is 15.5. The van der Waals surface area contributed by atoms with Gasteiger partial charge in [0.2, 0.25) is 8.32 Å². The van der Waals surface area contributed by atoms with Crippen LogP contribution < -0.4 is 0 Å². The second-order valence-corrected chi connectivity index (χ2v) is 17.1. The minimum atomic E-state index is -1.78. The number of alkyl halides is 1. The van der Waals surface area contributed by atoms with E-state index in [1.165, 1.54) is 0 Å². The van der Waals surface area contributed by atoms with E-state index in [1.807, 2.05) is 0 Å². The number of rotatable bonds is 7. The Labute approximate surface area is 126 Å². The molecule has 0 rings (SSSR count). The fourth-order valence-electron chi connectivity index (χ4n) is 1.45. The van der Waals surface area contributed by atoms with E-state index in [2.05, 4.69) is 60.1 Å². The molecular formula is C14H31ClO2Si2. The lowest BCUT2D eigenvalue weighted by molar-refractivity contribution is 0.187. The van der Waals surface area contributed by atoms with Crippen molar-refractivity contribution in [3.8, 4) is 0 Å². The van der Waals surface area contributed by atoms with Crippen LogP contribution in [0.15, 0.2) is 12.3 Å². The average molecular weight is 323 g/mol. The number of hydrogen-bond acceptors (Lipinski definition) is 2. The van der Waals surface area contributed by atoms with Crippen molar-refractivity contribution in [2.24, 2.45) is 0 Å². The van der Waals surface area contributed by atoms with Crippen LogP contribution in [0.25, 0.3) is 0 Å². The van der Waals surface area contributed by atoms with Crippen molar-refractivity contribution in [2.45, 2.75) is 71.1 Å². The molecule has 114 valence electrons. The summed E-state index contributed by atoms with van der Waals surface area (Å²) < 4.78 is 12.2. The van der Waals surface area contributed by atoms with Crippen molar-refractivity contribution >= 4 is 28.2 Å². The Balaban J connectivity index is 4.58. The monoisotopic (exact) mass is 322 g/mol. The van der Waals surface area contributed by atoms with Gasteiger partial charge in [0.05, 0.1) is 11.9 Å². The minimum absolute atomic E-state index is 0.00593. The first-order chi connectivity index (χ1) is 8.28. The molecule has 0 unspecified atom stereocenters. The van der Waals surface area contributed by atoms with Crippen LogP contribution in [0, 0.1) is 0 Å². The molecule has 0 aromatic carbocycles. The van der Waals surface area contributed by atoms with E-state index < -0.39 is 16.6 Å². The third-order valence-corrected chi connectivity index (χ3v) is 9.13. The maximum absolute atomic E-state index is 6.32. The zero-order valence-corrected chi connectivity index (χ0v) is 16.6. The normalized spacial score (nSPS) is 15.2. The molecule has 0 bridgehead atoms. The van der Waals surface area contributed by atoms with Crippen molar-refractivity contribution in [2.75, 3.05) is 5.88 Å². The lowest BCUT2D eigenvalue weighted by Gasteiger charge is -2.39. The van der Waals surface area contributed by atoms with Gasteiger partial charge in [0.1, 0.15) is 0 Å². The van der Waals surface area contributed by atoms with E-state index in [9.17, 15) is 0 Å². The highest BCUT2D eigenvalue weighted by Gasteiger charge is 2.39. The van der Waals surface area contributed by atoms with Crippen LogP contribution in [-0.4, -0.2) is 28.6 Å². The standard InChI is InChI=1S/C14H31ClO2Si2/c1-12(16-18(5,6)7)10-13(11-15)17-19(8,9)14(2,3)4/h13H,1,10-11H2,2-9H3/t13-/m1/s1. The molecule has 0 radical (unpaired) electrons. The molecule has 0 heterocycles. The van der Waals surface area contributed by atoms with Crippen LogP contribution in [0.5, 0.6) is 0 Å². The lowest BCUT2D eigenvalue weighted by atomic mass is 10.2. The maximum Gasteiger partial charge on any atom is 0.241 e. The first kappa shape index (κ1) is 19.2. The molecule has 0 saturated heterocycles. The SMILES string of the molecule is C=C(C[C@H](CCl)O[Si](C)(C)C(C)(C)C)O[Si](C)(C)C. The summed E-state index contributed by atoms with van der Waals surface area (Å²) in [5.74, 6) is 1.30. The van der Waals surface area contributed by atoms with E-state index >= 15 is 0 Å². The van der Waals surface area contributed by atoms with Gasteiger partial charge in [0, 0.05) is 12.3 Å². The van der Waals surface area contributed by atoms with Crippen molar-refractivity contribution in [3.63, 3.8) is 0 Å². The highest BCUT2D eigenvalue weighted by molar-refractivity contribution is 6.74. The summed E-state index contributed by atoms with van der Waals surface area (Å²) in [5, 5.41) is 0.193. The largest absolute Gasteiger partial charge is 0.548 e. The molecular weight excluding hydrogens is 292 g/mol. The molecule has 0 amide bonds. The second kappa shape index (κ2) is 6.79. The zero-order valence-electron chi connectivity index (χ0n) is 13.9. The van der Waals surface area contributed by atoms with Crippen molar-refractivity contribution in [1.29, 1.82) is 0 Å². The maximum atomic E-state index is 6.32. The molecule has 1 atom stereocenters. The van der Waals surface area contributed by atoms with Gasteiger partial charge >= 0.3 is 0 Å². The van der Waals surface area contributed by atoms with E-state index in [4.69, 9.17) is 20.5 Å². The van der Waals surface area contributed by atoms with Gasteiger partial charge in [-0.05, 0) is 37.8 Å². The Morgan fingerprint density at radius 2 is 1.63 bits per heavy atom. The minimum Gasteiger partial charge on any atom is -0.548 e. The molecule has 19 heavy (non-hydrogen) atoms. The fraction of sp³-hybridized carbons (Fsp3) is 0.857. The third-order valence-electron chi connectivity index (χ3n) is 3.35. The van der Waals surface area contributed by atoms with Crippen molar-refractivity contribution in [3.05, 3.63) is 12.3 Å². The Morgan fingerprint density at radius 3 is 1.95 bits per heavy atom. The summed E-state index contributed by atoms with van der Waals surface area (Å²) in [6.07, 6.45) is 0.701. The van der Waals surface area contributed by atoms with Crippen LogP contribution >= 0.6 is 11.6 Å². The molecule has 0 aliphatic heterocycles.